The van der Waals surface area contributed by atoms with Crippen molar-refractivity contribution < 1.29 is 19.0 Å². The molecule has 0 unspecified atom stereocenters. The summed E-state index contributed by atoms with van der Waals surface area (Å²) < 4.78 is 17.8. The molecule has 2 heterocycles. The molecule has 1 saturated heterocycles. The van der Waals surface area contributed by atoms with Crippen molar-refractivity contribution >= 4 is 17.8 Å². The summed E-state index contributed by atoms with van der Waals surface area (Å²) in [6, 6.07) is 16.9. The van der Waals surface area contributed by atoms with Crippen LogP contribution in [0.1, 0.15) is 17.3 Å². The lowest BCUT2D eigenvalue weighted by atomic mass is 10.0. The van der Waals surface area contributed by atoms with Crippen LogP contribution in [0, 0.1) is 11.3 Å². The number of benzene rings is 2. The number of aromatic nitrogens is 3. The number of anilines is 1. The zero-order valence-electron chi connectivity index (χ0n) is 19.0. The smallest absolute Gasteiger partial charge is 0.232 e. The van der Waals surface area contributed by atoms with E-state index in [0.29, 0.717) is 43.8 Å². The topological polar surface area (TPSA) is 103 Å². The molecule has 1 atom stereocenters. The number of ketones is 1. The first kappa shape index (κ1) is 23.0. The number of allylic oxidation sites excluding steroid dienone is 1. The Bertz CT molecular complexity index is 1210. The number of carbonyl (C=O) groups excluding carboxylic acids is 1. The van der Waals surface area contributed by atoms with Gasteiger partial charge in [0, 0.05) is 13.1 Å². The molecular formula is C25H25N5O4. The van der Waals surface area contributed by atoms with E-state index in [2.05, 4.69) is 16.3 Å². The number of rotatable bonds is 8. The van der Waals surface area contributed by atoms with Crippen LogP contribution in [-0.4, -0.2) is 61.1 Å². The van der Waals surface area contributed by atoms with E-state index in [0.717, 1.165) is 11.3 Å². The summed E-state index contributed by atoms with van der Waals surface area (Å²) in [4.78, 5) is 15.2. The molecule has 3 aromatic rings. The largest absolute Gasteiger partial charge is 0.493 e. The summed E-state index contributed by atoms with van der Waals surface area (Å²) in [6.45, 7) is 2.45. The van der Waals surface area contributed by atoms with Crippen LogP contribution >= 0.6 is 0 Å². The van der Waals surface area contributed by atoms with Crippen LogP contribution in [0.25, 0.3) is 11.8 Å². The van der Waals surface area contributed by atoms with E-state index in [9.17, 15) is 10.1 Å². The maximum Gasteiger partial charge on any atom is 0.232 e. The normalized spacial score (nSPS) is 14.6. The third-order valence-electron chi connectivity index (χ3n) is 5.50. The van der Waals surface area contributed by atoms with Gasteiger partial charge in [0.2, 0.25) is 5.95 Å². The Morgan fingerprint density at radius 1 is 1.09 bits per heavy atom. The van der Waals surface area contributed by atoms with Crippen molar-refractivity contribution in [2.24, 2.45) is 0 Å². The molecule has 9 nitrogen and oxygen atoms in total. The number of para-hydroxylation sites is 1. The Kier molecular flexibility index (Phi) is 7.20. The van der Waals surface area contributed by atoms with Crippen LogP contribution in [0.4, 0.5) is 5.95 Å². The quantitative estimate of drug-likeness (QED) is 0.474. The van der Waals surface area contributed by atoms with Crippen molar-refractivity contribution in [1.82, 2.24) is 14.8 Å². The Hall–Kier alpha value is -4.16. The van der Waals surface area contributed by atoms with Gasteiger partial charge in [0.25, 0.3) is 0 Å². The Balaban J connectivity index is 1.67. The Morgan fingerprint density at radius 3 is 2.50 bits per heavy atom. The number of morpholine rings is 1. The second kappa shape index (κ2) is 10.6. The van der Waals surface area contributed by atoms with Crippen LogP contribution in [0.5, 0.6) is 11.5 Å². The molecule has 0 spiro atoms. The predicted octanol–water partition coefficient (Wildman–Crippen LogP) is 3.01. The lowest BCUT2D eigenvalue weighted by Gasteiger charge is -2.28. The highest BCUT2D eigenvalue weighted by molar-refractivity contribution is 6.00. The van der Waals surface area contributed by atoms with Crippen LogP contribution in [0.15, 0.2) is 54.6 Å². The van der Waals surface area contributed by atoms with Gasteiger partial charge in [0.05, 0.1) is 39.2 Å². The summed E-state index contributed by atoms with van der Waals surface area (Å²) >= 11 is 0. The summed E-state index contributed by atoms with van der Waals surface area (Å²) in [5.74, 6) is 0.480. The summed E-state index contributed by atoms with van der Waals surface area (Å²) in [5.41, 5.74) is 1.52. The number of methoxy groups -OCH3 is 2. The number of hydrogen-bond acceptors (Lipinski definition) is 8. The van der Waals surface area contributed by atoms with Gasteiger partial charge in [-0.15, -0.1) is 10.2 Å². The number of ether oxygens (including phenoxy) is 3. The highest BCUT2D eigenvalue weighted by Gasteiger charge is 2.29. The molecule has 1 aromatic heterocycles. The third-order valence-corrected chi connectivity index (χ3v) is 5.50. The first-order chi connectivity index (χ1) is 16.7. The first-order valence-corrected chi connectivity index (χ1v) is 10.8. The molecule has 0 amide bonds. The Morgan fingerprint density at radius 2 is 1.82 bits per heavy atom. The van der Waals surface area contributed by atoms with Gasteiger partial charge in [0.15, 0.2) is 29.0 Å². The van der Waals surface area contributed by atoms with Crippen molar-refractivity contribution in [3.8, 4) is 23.3 Å². The van der Waals surface area contributed by atoms with Gasteiger partial charge in [0.1, 0.15) is 0 Å². The van der Waals surface area contributed by atoms with E-state index in [-0.39, 0.29) is 5.82 Å². The molecule has 0 bridgehead atoms. The SMILES string of the molecule is COc1ccc(/C=C/C(=O)[C@H](C#N)c2nnc(N3CCOCC3)n2-c2ccccc2)cc1OC. The van der Waals surface area contributed by atoms with E-state index in [4.69, 9.17) is 14.2 Å². The van der Waals surface area contributed by atoms with Crippen molar-refractivity contribution in [3.05, 3.63) is 66.0 Å². The molecule has 34 heavy (non-hydrogen) atoms. The molecular weight excluding hydrogens is 434 g/mol. The van der Waals surface area contributed by atoms with E-state index in [1.165, 1.54) is 6.08 Å². The lowest BCUT2D eigenvalue weighted by Crippen LogP contribution is -2.38. The van der Waals surface area contributed by atoms with E-state index >= 15 is 0 Å². The fraction of sp³-hybridized carbons (Fsp3) is 0.280. The van der Waals surface area contributed by atoms with E-state index in [1.807, 2.05) is 35.2 Å². The molecule has 0 radical (unpaired) electrons. The fourth-order valence-electron chi connectivity index (χ4n) is 3.75. The van der Waals surface area contributed by atoms with Crippen molar-refractivity contribution in [2.45, 2.75) is 5.92 Å². The monoisotopic (exact) mass is 459 g/mol. The minimum atomic E-state index is -1.13. The summed E-state index contributed by atoms with van der Waals surface area (Å²) in [7, 11) is 3.10. The second-order valence-corrected chi connectivity index (χ2v) is 7.54. The van der Waals surface area contributed by atoms with Gasteiger partial charge in [-0.3, -0.25) is 9.36 Å². The van der Waals surface area contributed by atoms with Crippen LogP contribution in [0.2, 0.25) is 0 Å². The van der Waals surface area contributed by atoms with Crippen LogP contribution in [-0.2, 0) is 9.53 Å². The molecule has 174 valence electrons. The highest BCUT2D eigenvalue weighted by Crippen LogP contribution is 2.29. The zero-order chi connectivity index (χ0) is 23.9. The summed E-state index contributed by atoms with van der Waals surface area (Å²) in [5, 5.41) is 18.6. The lowest BCUT2D eigenvalue weighted by molar-refractivity contribution is -0.115. The molecule has 0 N–H and O–H groups in total. The maximum atomic E-state index is 13.1. The Labute approximate surface area is 197 Å². The first-order valence-electron chi connectivity index (χ1n) is 10.8. The van der Waals surface area contributed by atoms with Gasteiger partial charge >= 0.3 is 0 Å². The predicted molar refractivity (Wildman–Crippen MR) is 126 cm³/mol. The number of nitrogens with zero attached hydrogens (tertiary/aromatic N) is 5. The van der Waals surface area contributed by atoms with Gasteiger partial charge < -0.3 is 19.1 Å². The molecule has 4 rings (SSSR count). The van der Waals surface area contributed by atoms with Gasteiger partial charge in [-0.25, -0.2) is 0 Å². The maximum absolute atomic E-state index is 13.1. The zero-order valence-corrected chi connectivity index (χ0v) is 19.0. The number of hydrogen-bond donors (Lipinski definition) is 0. The molecule has 0 aliphatic carbocycles. The highest BCUT2D eigenvalue weighted by atomic mass is 16.5. The molecule has 0 saturated carbocycles. The standard InChI is InChI=1S/C25H25N5O4/c1-32-22-11-9-18(16-23(22)33-2)8-10-21(31)20(17-26)24-27-28-25(29-12-14-34-15-13-29)30(24)19-6-4-3-5-7-19/h3-11,16,20H,12-15H2,1-2H3/b10-8+/t20-/m0/s1. The molecule has 2 aromatic carbocycles. The second-order valence-electron chi connectivity index (χ2n) is 7.54. The van der Waals surface area contributed by atoms with Crippen molar-refractivity contribution in [1.29, 1.82) is 5.26 Å². The average molecular weight is 460 g/mol. The number of nitriles is 1. The number of carbonyl (C=O) groups is 1. The molecule has 1 aliphatic heterocycles. The molecule has 1 fully saturated rings. The van der Waals surface area contributed by atoms with Crippen molar-refractivity contribution in [3.63, 3.8) is 0 Å². The van der Waals surface area contributed by atoms with E-state index in [1.54, 1.807) is 43.1 Å². The average Bonchev–Trinajstić information content (AvgIpc) is 3.33. The van der Waals surface area contributed by atoms with Crippen LogP contribution in [0.3, 0.4) is 0 Å². The van der Waals surface area contributed by atoms with Gasteiger partial charge in [-0.1, -0.05) is 30.3 Å². The van der Waals surface area contributed by atoms with Crippen molar-refractivity contribution in [2.75, 3.05) is 45.4 Å². The van der Waals surface area contributed by atoms with Gasteiger partial charge in [-0.2, -0.15) is 5.26 Å². The molecule has 1 aliphatic rings. The van der Waals surface area contributed by atoms with E-state index < -0.39 is 11.7 Å². The third kappa shape index (κ3) is 4.77. The molecule has 9 heteroatoms. The fourth-order valence-corrected chi connectivity index (χ4v) is 3.75. The minimum absolute atomic E-state index is 0.275. The van der Waals surface area contributed by atoms with Crippen LogP contribution < -0.4 is 14.4 Å². The van der Waals surface area contributed by atoms with Gasteiger partial charge in [-0.05, 0) is 35.9 Å². The summed E-state index contributed by atoms with van der Waals surface area (Å²) in [6.07, 6.45) is 3.02. The minimum Gasteiger partial charge on any atom is -0.493 e.